The van der Waals surface area contributed by atoms with Gasteiger partial charge in [-0.15, -0.1) is 5.10 Å². The fourth-order valence-corrected chi connectivity index (χ4v) is 1.82. The van der Waals surface area contributed by atoms with Gasteiger partial charge in [0.05, 0.1) is 0 Å². The monoisotopic (exact) mass is 251 g/mol. The summed E-state index contributed by atoms with van der Waals surface area (Å²) in [5.41, 5.74) is 6.07. The van der Waals surface area contributed by atoms with Crippen LogP contribution in [0.2, 0.25) is 0 Å². The number of oxime groups is 1. The van der Waals surface area contributed by atoms with E-state index in [2.05, 4.69) is 25.7 Å². The highest BCUT2D eigenvalue weighted by atomic mass is 32.2. The minimum atomic E-state index is 0.0327. The van der Waals surface area contributed by atoms with Crippen LogP contribution in [-0.2, 0) is 7.05 Å². The van der Waals surface area contributed by atoms with Gasteiger partial charge in [0.1, 0.15) is 5.03 Å². The van der Waals surface area contributed by atoms with E-state index in [4.69, 9.17) is 10.9 Å². The number of rotatable bonds is 3. The van der Waals surface area contributed by atoms with Crippen LogP contribution in [0.3, 0.4) is 0 Å². The Balaban J connectivity index is 2.26. The van der Waals surface area contributed by atoms with Crippen molar-refractivity contribution in [3.05, 3.63) is 23.9 Å². The summed E-state index contributed by atoms with van der Waals surface area (Å²) >= 11 is 1.29. The van der Waals surface area contributed by atoms with Gasteiger partial charge in [-0.1, -0.05) is 5.16 Å². The first-order valence-electron chi connectivity index (χ1n) is 4.55. The Bertz CT molecular complexity index is 552. The van der Waals surface area contributed by atoms with Gasteiger partial charge in [0.15, 0.2) is 5.84 Å². The summed E-state index contributed by atoms with van der Waals surface area (Å²) in [6, 6.07) is 3.34. The number of hydrogen-bond acceptors (Lipinski definition) is 7. The second kappa shape index (κ2) is 4.78. The van der Waals surface area contributed by atoms with Crippen molar-refractivity contribution >= 4 is 17.6 Å². The molecule has 2 aromatic heterocycles. The van der Waals surface area contributed by atoms with Crippen LogP contribution in [0.4, 0.5) is 0 Å². The number of nitrogens with two attached hydrogens (primary N) is 1. The second-order valence-electron chi connectivity index (χ2n) is 3.06. The number of tetrazole rings is 1. The molecule has 0 aliphatic heterocycles. The van der Waals surface area contributed by atoms with Crippen LogP contribution in [0.1, 0.15) is 5.56 Å². The van der Waals surface area contributed by atoms with Crippen LogP contribution in [0.15, 0.2) is 33.7 Å². The smallest absolute Gasteiger partial charge is 0.215 e. The van der Waals surface area contributed by atoms with Gasteiger partial charge in [-0.2, -0.15) is 0 Å². The number of aryl methyl sites for hydroxylation is 1. The highest BCUT2D eigenvalue weighted by Gasteiger charge is 2.07. The van der Waals surface area contributed by atoms with Gasteiger partial charge in [0.25, 0.3) is 0 Å². The van der Waals surface area contributed by atoms with E-state index in [0.29, 0.717) is 15.7 Å². The SMILES string of the molecule is Cn1nnnc1Sc1cc(/C(N)=N/O)ccn1. The molecule has 0 aliphatic rings. The van der Waals surface area contributed by atoms with Crippen LogP contribution in [0.25, 0.3) is 0 Å². The lowest BCUT2D eigenvalue weighted by Gasteiger charge is -2.01. The van der Waals surface area contributed by atoms with Crippen molar-refractivity contribution in [3.8, 4) is 0 Å². The summed E-state index contributed by atoms with van der Waals surface area (Å²) in [7, 11) is 1.73. The first-order chi connectivity index (χ1) is 8.20. The fourth-order valence-electron chi connectivity index (χ4n) is 1.08. The first kappa shape index (κ1) is 11.3. The highest BCUT2D eigenvalue weighted by molar-refractivity contribution is 7.99. The predicted molar refractivity (Wildman–Crippen MR) is 59.7 cm³/mol. The highest BCUT2D eigenvalue weighted by Crippen LogP contribution is 2.22. The fraction of sp³-hybridized carbons (Fsp3) is 0.125. The Kier molecular flexibility index (Phi) is 3.19. The van der Waals surface area contributed by atoms with Crippen LogP contribution in [0, 0.1) is 0 Å². The van der Waals surface area contributed by atoms with E-state index >= 15 is 0 Å². The maximum absolute atomic E-state index is 8.58. The molecule has 2 rings (SSSR count). The van der Waals surface area contributed by atoms with Gasteiger partial charge in [-0.25, -0.2) is 9.67 Å². The van der Waals surface area contributed by atoms with E-state index in [9.17, 15) is 0 Å². The van der Waals surface area contributed by atoms with Crippen molar-refractivity contribution in [2.24, 2.45) is 17.9 Å². The normalized spacial score (nSPS) is 11.7. The van der Waals surface area contributed by atoms with Crippen molar-refractivity contribution < 1.29 is 5.21 Å². The van der Waals surface area contributed by atoms with E-state index in [1.807, 2.05) is 0 Å². The maximum Gasteiger partial charge on any atom is 0.215 e. The lowest BCUT2D eigenvalue weighted by Crippen LogP contribution is -2.13. The molecule has 9 heteroatoms. The molecule has 0 aromatic carbocycles. The van der Waals surface area contributed by atoms with Gasteiger partial charge in [-0.3, -0.25) is 0 Å². The molecule has 2 aromatic rings. The van der Waals surface area contributed by atoms with E-state index in [1.54, 1.807) is 25.4 Å². The Hall–Kier alpha value is -2.16. The predicted octanol–water partition coefficient (Wildman–Crippen LogP) is -0.149. The van der Waals surface area contributed by atoms with Crippen molar-refractivity contribution in [1.82, 2.24) is 25.2 Å². The zero-order chi connectivity index (χ0) is 12.3. The third-order valence-electron chi connectivity index (χ3n) is 1.92. The largest absolute Gasteiger partial charge is 0.409 e. The average molecular weight is 251 g/mol. The van der Waals surface area contributed by atoms with Crippen molar-refractivity contribution in [1.29, 1.82) is 0 Å². The molecule has 0 spiro atoms. The summed E-state index contributed by atoms with van der Waals surface area (Å²) in [5, 5.41) is 23.8. The van der Waals surface area contributed by atoms with E-state index in [1.165, 1.54) is 16.4 Å². The summed E-state index contributed by atoms with van der Waals surface area (Å²) < 4.78 is 1.53. The minimum Gasteiger partial charge on any atom is -0.409 e. The van der Waals surface area contributed by atoms with Crippen molar-refractivity contribution in [2.45, 2.75) is 10.2 Å². The van der Waals surface area contributed by atoms with Gasteiger partial charge in [0, 0.05) is 18.8 Å². The van der Waals surface area contributed by atoms with Crippen LogP contribution in [-0.4, -0.2) is 36.2 Å². The molecule has 0 aliphatic carbocycles. The molecule has 3 N–H and O–H groups in total. The average Bonchev–Trinajstić information content (AvgIpc) is 2.74. The van der Waals surface area contributed by atoms with Crippen LogP contribution >= 0.6 is 11.8 Å². The Morgan fingerprint density at radius 3 is 3.06 bits per heavy atom. The van der Waals surface area contributed by atoms with Crippen molar-refractivity contribution in [2.75, 3.05) is 0 Å². The Morgan fingerprint density at radius 2 is 2.41 bits per heavy atom. The molecule has 8 nitrogen and oxygen atoms in total. The zero-order valence-corrected chi connectivity index (χ0v) is 9.66. The maximum atomic E-state index is 8.58. The Morgan fingerprint density at radius 1 is 1.59 bits per heavy atom. The molecule has 88 valence electrons. The van der Waals surface area contributed by atoms with Crippen LogP contribution in [0.5, 0.6) is 0 Å². The molecule has 0 saturated carbocycles. The molecule has 2 heterocycles. The molecular formula is C8H9N7OS. The van der Waals surface area contributed by atoms with E-state index in [-0.39, 0.29) is 5.84 Å². The second-order valence-corrected chi connectivity index (χ2v) is 4.04. The molecule has 0 fully saturated rings. The molecule has 0 radical (unpaired) electrons. The number of aromatic nitrogens is 5. The first-order valence-corrected chi connectivity index (χ1v) is 5.36. The van der Waals surface area contributed by atoms with E-state index < -0.39 is 0 Å². The summed E-state index contributed by atoms with van der Waals surface area (Å²) in [6.07, 6.45) is 1.57. The van der Waals surface area contributed by atoms with E-state index in [0.717, 1.165) is 0 Å². The lowest BCUT2D eigenvalue weighted by molar-refractivity contribution is 0.318. The molecule has 17 heavy (non-hydrogen) atoms. The Labute approximate surface area is 101 Å². The molecule has 0 amide bonds. The summed E-state index contributed by atoms with van der Waals surface area (Å²) in [4.78, 5) is 4.13. The molecular weight excluding hydrogens is 242 g/mol. The molecule has 0 atom stereocenters. The number of nitrogens with zero attached hydrogens (tertiary/aromatic N) is 6. The lowest BCUT2D eigenvalue weighted by atomic mass is 10.2. The standard InChI is InChI=1S/C8H9N7OS/c1-15-8(11-13-14-15)17-6-4-5(2-3-10-6)7(9)12-16/h2-4,16H,1H3,(H2,9,12). The van der Waals surface area contributed by atoms with Crippen molar-refractivity contribution in [3.63, 3.8) is 0 Å². The quantitative estimate of drug-likeness (QED) is 0.337. The zero-order valence-electron chi connectivity index (χ0n) is 8.85. The van der Waals surface area contributed by atoms with Gasteiger partial charge < -0.3 is 10.9 Å². The van der Waals surface area contributed by atoms with Gasteiger partial charge in [-0.05, 0) is 34.3 Å². The summed E-state index contributed by atoms with van der Waals surface area (Å²) in [5.74, 6) is 0.0327. The number of hydrogen-bond donors (Lipinski definition) is 2. The summed E-state index contributed by atoms with van der Waals surface area (Å²) in [6.45, 7) is 0. The third-order valence-corrected chi connectivity index (χ3v) is 2.88. The molecule has 0 unspecified atom stereocenters. The number of amidine groups is 1. The minimum absolute atomic E-state index is 0.0327. The van der Waals surface area contributed by atoms with Gasteiger partial charge >= 0.3 is 0 Å². The third kappa shape index (κ3) is 2.50. The molecule has 0 bridgehead atoms. The van der Waals surface area contributed by atoms with Gasteiger partial charge in [0.2, 0.25) is 5.16 Å². The number of pyridine rings is 1. The topological polar surface area (TPSA) is 115 Å². The molecule has 0 saturated heterocycles. The van der Waals surface area contributed by atoms with Crippen LogP contribution < -0.4 is 5.73 Å².